The van der Waals surface area contributed by atoms with Gasteiger partial charge < -0.3 is 5.73 Å². The zero-order valence-corrected chi connectivity index (χ0v) is 11.7. The molecule has 108 valence electrons. The predicted molar refractivity (Wildman–Crippen MR) is 70.5 cm³/mol. The van der Waals surface area contributed by atoms with Crippen molar-refractivity contribution in [3.63, 3.8) is 0 Å². The Morgan fingerprint density at radius 3 is 2.11 bits per heavy atom. The fourth-order valence-corrected chi connectivity index (χ4v) is 3.02. The lowest BCUT2D eigenvalue weighted by atomic mass is 10.0. The second-order valence-electron chi connectivity index (χ2n) is 4.63. The summed E-state index contributed by atoms with van der Waals surface area (Å²) in [5, 5.41) is -1.90. The third kappa shape index (κ3) is 4.31. The van der Waals surface area contributed by atoms with Crippen molar-refractivity contribution in [2.24, 2.45) is 5.73 Å². The molecule has 0 saturated heterocycles. The van der Waals surface area contributed by atoms with Crippen molar-refractivity contribution < 1.29 is 17.4 Å². The van der Waals surface area contributed by atoms with Gasteiger partial charge in [-0.1, -0.05) is 26.0 Å². The van der Waals surface area contributed by atoms with E-state index in [1.807, 2.05) is 13.8 Å². The summed E-state index contributed by atoms with van der Waals surface area (Å²) >= 11 is 0. The van der Waals surface area contributed by atoms with E-state index in [-0.39, 0.29) is 23.8 Å². The van der Waals surface area contributed by atoms with Crippen molar-refractivity contribution >= 4 is 10.8 Å². The van der Waals surface area contributed by atoms with Crippen molar-refractivity contribution in [2.45, 2.75) is 42.5 Å². The summed E-state index contributed by atoms with van der Waals surface area (Å²) in [6.07, 6.45) is -4.83. The van der Waals surface area contributed by atoms with Crippen LogP contribution in [-0.2, 0) is 10.8 Å². The van der Waals surface area contributed by atoms with Crippen LogP contribution in [0.1, 0.15) is 31.7 Å². The monoisotopic (exact) mass is 293 g/mol. The van der Waals surface area contributed by atoms with Gasteiger partial charge in [-0.2, -0.15) is 13.2 Å². The Morgan fingerprint density at radius 1 is 1.21 bits per heavy atom. The van der Waals surface area contributed by atoms with Gasteiger partial charge in [0, 0.05) is 4.90 Å². The predicted octanol–water partition coefficient (Wildman–Crippen LogP) is 3.20. The van der Waals surface area contributed by atoms with Crippen molar-refractivity contribution in [3.05, 3.63) is 29.8 Å². The van der Waals surface area contributed by atoms with Crippen LogP contribution in [0.3, 0.4) is 0 Å². The Labute approximate surface area is 113 Å². The molecule has 2 unspecified atom stereocenters. The van der Waals surface area contributed by atoms with E-state index in [4.69, 9.17) is 5.73 Å². The number of nitrogens with two attached hydrogens (primary N) is 1. The highest BCUT2D eigenvalue weighted by Gasteiger charge is 2.43. The second-order valence-corrected chi connectivity index (χ2v) is 6.26. The van der Waals surface area contributed by atoms with Gasteiger partial charge in [-0.05, 0) is 36.6 Å². The van der Waals surface area contributed by atoms with Crippen molar-refractivity contribution in [1.82, 2.24) is 0 Å². The molecular formula is C13H18F3NOS. The minimum absolute atomic E-state index is 0.139. The molecule has 2 N–H and O–H groups in total. The molecule has 0 heterocycles. The summed E-state index contributed by atoms with van der Waals surface area (Å²) in [6.45, 7) is 3.83. The number of rotatable bonds is 5. The molecule has 0 saturated carbocycles. The van der Waals surface area contributed by atoms with Gasteiger partial charge in [-0.15, -0.1) is 0 Å². The highest BCUT2D eigenvalue weighted by molar-refractivity contribution is 7.85. The van der Waals surface area contributed by atoms with Crippen LogP contribution < -0.4 is 5.73 Å². The molecule has 6 heteroatoms. The lowest BCUT2D eigenvalue weighted by Crippen LogP contribution is -2.35. The lowest BCUT2D eigenvalue weighted by molar-refractivity contribution is -0.130. The molecule has 0 aliphatic rings. The highest BCUT2D eigenvalue weighted by Crippen LogP contribution is 2.30. The van der Waals surface area contributed by atoms with E-state index in [9.17, 15) is 17.4 Å². The maximum Gasteiger partial charge on any atom is 0.403 e. The molecule has 19 heavy (non-hydrogen) atoms. The van der Waals surface area contributed by atoms with E-state index in [0.29, 0.717) is 0 Å². The zero-order valence-electron chi connectivity index (χ0n) is 10.9. The van der Waals surface area contributed by atoms with Crippen LogP contribution in [-0.4, -0.2) is 22.2 Å². The van der Waals surface area contributed by atoms with Crippen LogP contribution in [0.2, 0.25) is 0 Å². The number of hydrogen-bond acceptors (Lipinski definition) is 2. The first-order valence-electron chi connectivity index (χ1n) is 6.04. The minimum atomic E-state index is -4.50. The summed E-state index contributed by atoms with van der Waals surface area (Å²) in [6, 6.07) is 6.43. The van der Waals surface area contributed by atoms with Crippen LogP contribution in [0.25, 0.3) is 0 Å². The molecule has 0 spiro atoms. The Morgan fingerprint density at radius 2 is 1.74 bits per heavy atom. The fraction of sp³-hybridized carbons (Fsp3) is 0.538. The van der Waals surface area contributed by atoms with Gasteiger partial charge in [-0.3, -0.25) is 4.21 Å². The molecule has 0 bridgehead atoms. The molecule has 0 aliphatic carbocycles. The molecule has 1 rings (SSSR count). The summed E-state index contributed by atoms with van der Waals surface area (Å²) in [5.74, 6) is 0.282. The maximum atomic E-state index is 12.8. The van der Waals surface area contributed by atoms with Crippen LogP contribution >= 0.6 is 0 Å². The van der Waals surface area contributed by atoms with Gasteiger partial charge in [0.2, 0.25) is 0 Å². The van der Waals surface area contributed by atoms with E-state index in [0.717, 1.165) is 5.56 Å². The average Bonchev–Trinajstić information content (AvgIpc) is 2.34. The van der Waals surface area contributed by atoms with E-state index >= 15 is 0 Å². The summed E-state index contributed by atoms with van der Waals surface area (Å²) < 4.78 is 50.4. The number of alkyl halides is 3. The first-order chi connectivity index (χ1) is 8.77. The number of benzene rings is 1. The quantitative estimate of drug-likeness (QED) is 0.906. The topological polar surface area (TPSA) is 43.1 Å². The van der Waals surface area contributed by atoms with E-state index in [1.54, 1.807) is 12.1 Å². The SMILES string of the molecule is CC(C)c1ccc(S(=O)C(CCN)C(F)(F)F)cc1. The van der Waals surface area contributed by atoms with Gasteiger partial charge in [-0.25, -0.2) is 0 Å². The van der Waals surface area contributed by atoms with Crippen molar-refractivity contribution in [3.8, 4) is 0 Å². The van der Waals surface area contributed by atoms with Crippen LogP contribution in [0.15, 0.2) is 29.2 Å². The highest BCUT2D eigenvalue weighted by atomic mass is 32.2. The summed E-state index contributed by atoms with van der Waals surface area (Å²) in [4.78, 5) is 0.195. The number of hydrogen-bond donors (Lipinski definition) is 1. The average molecular weight is 293 g/mol. The molecular weight excluding hydrogens is 275 g/mol. The van der Waals surface area contributed by atoms with Gasteiger partial charge in [0.05, 0.1) is 10.8 Å². The molecule has 1 aromatic carbocycles. The van der Waals surface area contributed by atoms with Gasteiger partial charge in [0.1, 0.15) is 5.25 Å². The Kier molecular flexibility index (Phi) is 5.55. The first-order valence-corrected chi connectivity index (χ1v) is 7.26. The number of halogens is 3. The third-order valence-electron chi connectivity index (χ3n) is 2.83. The van der Waals surface area contributed by atoms with E-state index in [2.05, 4.69) is 0 Å². The van der Waals surface area contributed by atoms with E-state index in [1.165, 1.54) is 12.1 Å². The lowest BCUT2D eigenvalue weighted by Gasteiger charge is -2.19. The Hall–Kier alpha value is -0.880. The van der Waals surface area contributed by atoms with Gasteiger partial charge in [0.15, 0.2) is 0 Å². The smallest absolute Gasteiger partial charge is 0.330 e. The third-order valence-corrected chi connectivity index (χ3v) is 4.59. The van der Waals surface area contributed by atoms with Crippen LogP contribution in [0.4, 0.5) is 13.2 Å². The molecule has 2 nitrogen and oxygen atoms in total. The Bertz CT molecular complexity index is 429. The fourth-order valence-electron chi connectivity index (χ4n) is 1.69. The maximum absolute atomic E-state index is 12.8. The standard InChI is InChI=1S/C13H18F3NOS/c1-9(2)10-3-5-11(6-4-10)19(18)12(7-8-17)13(14,15)16/h3-6,9,12H,7-8,17H2,1-2H3. The molecule has 0 aromatic heterocycles. The molecule has 0 radical (unpaired) electrons. The van der Waals surface area contributed by atoms with Crippen molar-refractivity contribution in [1.29, 1.82) is 0 Å². The Balaban J connectivity index is 2.97. The molecule has 1 aromatic rings. The second kappa shape index (κ2) is 6.52. The molecule has 0 amide bonds. The van der Waals surface area contributed by atoms with Crippen LogP contribution in [0, 0.1) is 0 Å². The van der Waals surface area contributed by atoms with Crippen molar-refractivity contribution in [2.75, 3.05) is 6.54 Å². The normalized spacial score (nSPS) is 15.5. The first kappa shape index (κ1) is 16.2. The minimum Gasteiger partial charge on any atom is -0.330 e. The zero-order chi connectivity index (χ0) is 14.6. The summed E-state index contributed by atoms with van der Waals surface area (Å²) in [5.41, 5.74) is 6.17. The van der Waals surface area contributed by atoms with E-state index < -0.39 is 22.2 Å². The largest absolute Gasteiger partial charge is 0.403 e. The van der Waals surface area contributed by atoms with Gasteiger partial charge >= 0.3 is 6.18 Å². The van der Waals surface area contributed by atoms with Crippen LogP contribution in [0.5, 0.6) is 0 Å². The summed E-state index contributed by atoms with van der Waals surface area (Å²) in [7, 11) is -2.12. The molecule has 2 atom stereocenters. The van der Waals surface area contributed by atoms with Gasteiger partial charge in [0.25, 0.3) is 0 Å². The molecule has 0 aliphatic heterocycles. The molecule has 0 fully saturated rings.